The van der Waals surface area contributed by atoms with Gasteiger partial charge in [0.25, 0.3) is 11.5 Å². The fourth-order valence-corrected chi connectivity index (χ4v) is 9.29. The van der Waals surface area contributed by atoms with Gasteiger partial charge >= 0.3 is 21.3 Å². The molecule has 0 bridgehead atoms. The molecule has 0 spiro atoms. The van der Waals surface area contributed by atoms with Crippen molar-refractivity contribution in [1.82, 2.24) is 29.4 Å². The lowest BCUT2D eigenvalue weighted by atomic mass is 10.1. The number of hydrogen-bond donors (Lipinski definition) is 10. The lowest BCUT2D eigenvalue weighted by Crippen LogP contribution is -2.46. The Morgan fingerprint density at radius 1 is 1.02 bits per heavy atom. The number of rotatable bonds is 12. The van der Waals surface area contributed by atoms with Crippen molar-refractivity contribution in [3.63, 3.8) is 0 Å². The second-order valence-corrected chi connectivity index (χ2v) is 16.3. The highest BCUT2D eigenvalue weighted by atomic mass is 31.3. The minimum absolute atomic E-state index is 0.0313. The molecule has 0 amide bonds. The van der Waals surface area contributed by atoms with Gasteiger partial charge in [-0.25, -0.2) is 27.3 Å². The number of phosphoric ester groups is 2. The van der Waals surface area contributed by atoms with Crippen LogP contribution in [0.15, 0.2) is 29.0 Å². The van der Waals surface area contributed by atoms with E-state index in [0.29, 0.717) is 0 Å². The first kappa shape index (κ1) is 38.4. The van der Waals surface area contributed by atoms with Crippen LogP contribution in [-0.2, 0) is 47.9 Å². The standard InChI is InChI=1S/C22H30BN10O16P3/c1-7-10-16(28-21(24)27-7)32(5-26-10)19-14(36)12(34)8(46-19)3-44-51(40,41)48-50(23,39)49-52(42,43)45-4-9-13(35)15(37)20(47-9)33-6-31(2)11-17(33)29-22(25)30-18(11)38/h5-6,8-9,12-15,19-20,34-37H,1,3-4H2,2H3,(H7-,24,25,27,28,29,30,38,40,41,42,43)/q-1/p+1/t8?,9-,12-,13-,14-,15-,19-,20?,50?/m1/s1. The molecule has 0 aromatic carbocycles. The van der Waals surface area contributed by atoms with E-state index in [0.717, 1.165) is 0 Å². The Labute approximate surface area is 291 Å². The summed E-state index contributed by atoms with van der Waals surface area (Å²) in [5.41, 5.74) is 11.3. The van der Waals surface area contributed by atoms with Crippen molar-refractivity contribution < 1.29 is 75.6 Å². The maximum absolute atomic E-state index is 12.7. The summed E-state index contributed by atoms with van der Waals surface area (Å²) in [6.07, 6.45) is -10.2. The molecule has 26 nitrogen and oxygen atoms in total. The average Bonchev–Trinajstić information content (AvgIpc) is 3.74. The summed E-state index contributed by atoms with van der Waals surface area (Å²) in [4.78, 5) is 47.1. The van der Waals surface area contributed by atoms with Crippen LogP contribution in [0.5, 0.6) is 0 Å². The molecule has 6 rings (SSSR count). The number of nitrogen functional groups attached to an aromatic ring is 1. The number of aliphatic imine (C=N–C) groups is 1. The molecular weight excluding hydrogens is 764 g/mol. The van der Waals surface area contributed by atoms with Gasteiger partial charge in [0.2, 0.25) is 11.7 Å². The topological polar surface area (TPSA) is 377 Å². The molecule has 0 saturated carbocycles. The lowest BCUT2D eigenvalue weighted by molar-refractivity contribution is -0.745. The molecule has 3 aliphatic rings. The number of imidazole rings is 2. The largest absolute Gasteiger partial charge is 0.476 e. The fourth-order valence-electron chi connectivity index (χ4n) is 5.55. The van der Waals surface area contributed by atoms with Gasteiger partial charge in [-0.2, -0.15) is 4.99 Å². The second kappa shape index (κ2) is 13.8. The van der Waals surface area contributed by atoms with Crippen LogP contribution in [0, 0.1) is 0 Å². The van der Waals surface area contributed by atoms with Gasteiger partial charge < -0.3 is 68.6 Å². The zero-order valence-electron chi connectivity index (χ0n) is 26.4. The number of nitrogens with one attached hydrogen (secondary N) is 2. The molecule has 283 valence electrons. The first-order chi connectivity index (χ1) is 24.2. The number of ether oxygens (including phenoxy) is 2. The Morgan fingerprint density at radius 2 is 1.62 bits per heavy atom. The molecule has 0 aliphatic carbocycles. The molecule has 3 radical (unpaired) electrons. The van der Waals surface area contributed by atoms with Crippen molar-refractivity contribution in [2.45, 2.75) is 49.1 Å². The van der Waals surface area contributed by atoms with Gasteiger partial charge in [-0.3, -0.25) is 28.0 Å². The van der Waals surface area contributed by atoms with Crippen LogP contribution in [0.3, 0.4) is 0 Å². The number of guanidine groups is 1. The van der Waals surface area contributed by atoms with Gasteiger partial charge in [0.1, 0.15) is 42.3 Å². The predicted molar refractivity (Wildman–Crippen MR) is 171 cm³/mol. The van der Waals surface area contributed by atoms with E-state index in [2.05, 4.69) is 40.5 Å². The van der Waals surface area contributed by atoms with Gasteiger partial charge in [0.05, 0.1) is 39.8 Å². The third kappa shape index (κ3) is 7.52. The molecule has 6 heterocycles. The summed E-state index contributed by atoms with van der Waals surface area (Å²) in [5.74, 6) is -0.197. The summed E-state index contributed by atoms with van der Waals surface area (Å²) in [7, 11) is -9.82. The second-order valence-electron chi connectivity index (χ2n) is 11.5. The summed E-state index contributed by atoms with van der Waals surface area (Å²) >= 11 is 0. The Balaban J connectivity index is 1.04. The van der Waals surface area contributed by atoms with Crippen molar-refractivity contribution >= 4 is 65.3 Å². The van der Waals surface area contributed by atoms with Crippen molar-refractivity contribution in [3.05, 3.63) is 35.3 Å². The zero-order valence-corrected chi connectivity index (χ0v) is 29.1. The molecule has 11 atom stereocenters. The van der Waals surface area contributed by atoms with E-state index < -0.39 is 91.0 Å². The third-order valence-corrected chi connectivity index (χ3v) is 12.2. The number of phosphoric acid groups is 2. The van der Waals surface area contributed by atoms with E-state index >= 15 is 0 Å². The van der Waals surface area contributed by atoms with E-state index in [9.17, 15) is 48.7 Å². The van der Waals surface area contributed by atoms with Gasteiger partial charge in [-0.1, -0.05) is 11.6 Å². The van der Waals surface area contributed by atoms with E-state index in [4.69, 9.17) is 37.6 Å². The Hall–Kier alpha value is -3.36. The number of nitrogens with two attached hydrogens (primary N) is 2. The van der Waals surface area contributed by atoms with E-state index in [1.165, 1.54) is 33.4 Å². The number of aryl methyl sites for hydroxylation is 1. The molecule has 12 N–H and O–H groups in total. The minimum Gasteiger partial charge on any atom is -0.442 e. The predicted octanol–water partition coefficient (Wildman–Crippen LogP) is -3.67. The number of aliphatic hydroxyl groups excluding tert-OH is 4. The number of hydrogen-bond acceptors (Lipinski definition) is 20. The summed E-state index contributed by atoms with van der Waals surface area (Å²) < 4.78 is 70.6. The number of aromatic nitrogens is 6. The quantitative estimate of drug-likeness (QED) is 0.0479. The maximum Gasteiger partial charge on any atom is 0.476 e. The number of fused-ring (bicyclic) bond motifs is 2. The smallest absolute Gasteiger partial charge is 0.442 e. The van der Waals surface area contributed by atoms with Crippen molar-refractivity contribution in [2.75, 3.05) is 18.9 Å². The SMILES string of the molecule is [B-]P(=O)(OP(=O)(O)OCC1O[C@@H](n2cnc3c2N=C(N)NC3=C)[C@H](O)[C@@H]1O)OP(=O)(O)OC[C@H]1OC([n+]2cn(C)c3c(=O)[nH]c(N)nc32)[C@H](O)[C@@H]1O. The first-order valence-electron chi connectivity index (χ1n) is 14.6. The normalized spacial score (nSPS) is 31.1. The molecule has 52 heavy (non-hydrogen) atoms. The van der Waals surface area contributed by atoms with Crippen molar-refractivity contribution in [2.24, 2.45) is 17.8 Å². The number of nitrogens with zero attached hydrogens (tertiary/aromatic N) is 6. The van der Waals surface area contributed by atoms with Crippen LogP contribution in [0.2, 0.25) is 0 Å². The summed E-state index contributed by atoms with van der Waals surface area (Å²) in [5, 5.41) is 44.9. The Kier molecular flexibility index (Phi) is 10.2. The van der Waals surface area contributed by atoms with E-state index in [-0.39, 0.29) is 40.3 Å². The molecule has 3 aromatic heterocycles. The molecule has 3 aromatic rings. The zero-order chi connectivity index (χ0) is 38.1. The summed E-state index contributed by atoms with van der Waals surface area (Å²) in [6, 6.07) is 0. The van der Waals surface area contributed by atoms with Crippen molar-refractivity contribution in [1.29, 1.82) is 0 Å². The van der Waals surface area contributed by atoms with E-state index in [1.54, 1.807) is 0 Å². The van der Waals surface area contributed by atoms with Crippen molar-refractivity contribution in [3.8, 4) is 0 Å². The third-order valence-electron chi connectivity index (χ3n) is 7.81. The highest BCUT2D eigenvalue weighted by molar-refractivity contribution is 7.86. The number of H-pyrrole nitrogens is 1. The summed E-state index contributed by atoms with van der Waals surface area (Å²) in [6.45, 7) is 1.74. The maximum atomic E-state index is 12.7. The molecule has 5 unspecified atom stereocenters. The average molecular weight is 795 g/mol. The van der Waals surface area contributed by atoms with Crippen LogP contribution in [0.25, 0.3) is 16.9 Å². The highest BCUT2D eigenvalue weighted by Gasteiger charge is 2.49. The van der Waals surface area contributed by atoms with Crippen LogP contribution < -0.4 is 26.9 Å². The Bertz CT molecular complexity index is 2150. The van der Waals surface area contributed by atoms with Crippen LogP contribution >= 0.6 is 23.1 Å². The monoisotopic (exact) mass is 795 g/mol. The van der Waals surface area contributed by atoms with Crippen LogP contribution in [0.4, 0.5) is 11.8 Å². The van der Waals surface area contributed by atoms with Gasteiger partial charge in [0.15, 0.2) is 24.3 Å². The molecule has 30 heteroatoms. The van der Waals surface area contributed by atoms with Gasteiger partial charge in [-0.05, 0) is 0 Å². The first-order valence-corrected chi connectivity index (χ1v) is 19.2. The van der Waals surface area contributed by atoms with Crippen LogP contribution in [0.1, 0.15) is 18.1 Å². The molecule has 2 fully saturated rings. The van der Waals surface area contributed by atoms with Crippen LogP contribution in [-0.4, -0.2) is 118 Å². The number of aliphatic hydroxyl groups is 4. The molecular formula is C22H31BN10O16P3. The Morgan fingerprint density at radius 3 is 2.25 bits per heavy atom. The lowest BCUT2D eigenvalue weighted by Gasteiger charge is -2.29. The fraction of sp³-hybridized carbons (Fsp3) is 0.500. The number of anilines is 1. The van der Waals surface area contributed by atoms with E-state index in [1.807, 2.05) is 0 Å². The number of aromatic amines is 1. The molecule has 2 saturated heterocycles. The minimum atomic E-state index is -5.55. The molecule has 3 aliphatic heterocycles. The van der Waals surface area contributed by atoms with Gasteiger partial charge in [0, 0.05) is 0 Å². The van der Waals surface area contributed by atoms with Gasteiger partial charge in [-0.15, -0.1) is 0 Å². The highest BCUT2D eigenvalue weighted by Crippen LogP contribution is 2.67.